The fourth-order valence-electron chi connectivity index (χ4n) is 1.66. The highest BCUT2D eigenvalue weighted by atomic mass is 79.9. The summed E-state index contributed by atoms with van der Waals surface area (Å²) in [6.07, 6.45) is 0. The summed E-state index contributed by atoms with van der Waals surface area (Å²) in [5.74, 6) is 0. The molecule has 0 atom stereocenters. The van der Waals surface area contributed by atoms with E-state index in [1.165, 1.54) is 0 Å². The highest BCUT2D eigenvalue weighted by Crippen LogP contribution is 2.31. The molecule has 0 saturated carbocycles. The third-order valence-electron chi connectivity index (χ3n) is 2.69. The van der Waals surface area contributed by atoms with Gasteiger partial charge in [0.2, 0.25) is 0 Å². The Morgan fingerprint density at radius 3 is 2.56 bits per heavy atom. The Kier molecular flexibility index (Phi) is 3.54. The predicted molar refractivity (Wildman–Crippen MR) is 77.7 cm³/mol. The van der Waals surface area contributed by atoms with Crippen LogP contribution in [0.15, 0.2) is 40.9 Å². The number of nitrogens with two attached hydrogens (primary N) is 1. The molecule has 0 aliphatic heterocycles. The maximum absolute atomic E-state index is 8.94. The van der Waals surface area contributed by atoms with Gasteiger partial charge in [-0.1, -0.05) is 18.2 Å². The number of aryl methyl sites for hydroxylation is 1. The maximum Gasteiger partial charge on any atom is 0.101 e. The second-order valence-corrected chi connectivity index (χ2v) is 4.73. The Balaban J connectivity index is 2.41. The average molecular weight is 302 g/mol. The molecule has 2 aromatic carbocycles. The molecule has 4 heteroatoms. The molecule has 18 heavy (non-hydrogen) atoms. The van der Waals surface area contributed by atoms with Crippen LogP contribution in [0.25, 0.3) is 0 Å². The normalized spacial score (nSPS) is 9.83. The summed E-state index contributed by atoms with van der Waals surface area (Å²) in [4.78, 5) is 0. The van der Waals surface area contributed by atoms with Crippen LogP contribution in [0.1, 0.15) is 11.1 Å². The molecule has 0 fully saturated rings. The second kappa shape index (κ2) is 5.11. The maximum atomic E-state index is 8.94. The van der Waals surface area contributed by atoms with Gasteiger partial charge < -0.3 is 11.1 Å². The number of hydrogen-bond acceptors (Lipinski definition) is 3. The molecule has 3 N–H and O–H groups in total. The van der Waals surface area contributed by atoms with Crippen molar-refractivity contribution in [1.29, 1.82) is 5.26 Å². The molecule has 0 heterocycles. The fraction of sp³-hybridized carbons (Fsp3) is 0.0714. The van der Waals surface area contributed by atoms with Gasteiger partial charge in [0.25, 0.3) is 0 Å². The first-order valence-electron chi connectivity index (χ1n) is 5.44. The van der Waals surface area contributed by atoms with Crippen LogP contribution >= 0.6 is 15.9 Å². The molecule has 90 valence electrons. The Labute approximate surface area is 114 Å². The lowest BCUT2D eigenvalue weighted by Gasteiger charge is -2.12. The first kappa shape index (κ1) is 12.5. The van der Waals surface area contributed by atoms with E-state index < -0.39 is 0 Å². The number of anilines is 3. The third kappa shape index (κ3) is 2.31. The molecule has 0 aliphatic carbocycles. The van der Waals surface area contributed by atoms with Crippen molar-refractivity contribution < 1.29 is 0 Å². The van der Waals surface area contributed by atoms with Crippen molar-refractivity contribution in [1.82, 2.24) is 0 Å². The molecule has 0 saturated heterocycles. The van der Waals surface area contributed by atoms with Gasteiger partial charge in [0.05, 0.1) is 22.6 Å². The number of nitrogens with zero attached hydrogens (tertiary/aromatic N) is 1. The van der Waals surface area contributed by atoms with Gasteiger partial charge in [-0.3, -0.25) is 0 Å². The number of benzene rings is 2. The number of halogens is 1. The lowest BCUT2D eigenvalue weighted by Crippen LogP contribution is -1.99. The zero-order valence-electron chi connectivity index (χ0n) is 9.87. The summed E-state index contributed by atoms with van der Waals surface area (Å²) >= 11 is 3.53. The molecular formula is C14H12BrN3. The summed E-state index contributed by atoms with van der Waals surface area (Å²) < 4.78 is 0.992. The lowest BCUT2D eigenvalue weighted by atomic mass is 10.1. The van der Waals surface area contributed by atoms with Crippen LogP contribution in [-0.2, 0) is 0 Å². The first-order valence-corrected chi connectivity index (χ1v) is 6.23. The Morgan fingerprint density at radius 1 is 1.17 bits per heavy atom. The monoisotopic (exact) mass is 301 g/mol. The number of para-hydroxylation sites is 1. The van der Waals surface area contributed by atoms with Gasteiger partial charge in [-0.15, -0.1) is 0 Å². The summed E-state index contributed by atoms with van der Waals surface area (Å²) in [6.45, 7) is 2.02. The molecule has 0 amide bonds. The third-order valence-corrected chi connectivity index (χ3v) is 3.74. The molecule has 2 rings (SSSR count). The minimum Gasteiger partial charge on any atom is -0.396 e. The lowest BCUT2D eigenvalue weighted by molar-refractivity contribution is 1.41. The molecule has 0 radical (unpaired) electrons. The van der Waals surface area contributed by atoms with Crippen LogP contribution in [0.3, 0.4) is 0 Å². The number of nitriles is 1. The Bertz CT molecular complexity index is 629. The van der Waals surface area contributed by atoms with Crippen molar-refractivity contribution >= 4 is 33.0 Å². The van der Waals surface area contributed by atoms with Gasteiger partial charge in [0.1, 0.15) is 6.07 Å². The van der Waals surface area contributed by atoms with Crippen molar-refractivity contribution in [2.24, 2.45) is 0 Å². The fourth-order valence-corrected chi connectivity index (χ4v) is 2.02. The molecular weight excluding hydrogens is 290 g/mol. The quantitative estimate of drug-likeness (QED) is 0.826. The summed E-state index contributed by atoms with van der Waals surface area (Å²) in [5, 5.41) is 12.2. The van der Waals surface area contributed by atoms with Gasteiger partial charge in [-0.2, -0.15) is 5.26 Å². The van der Waals surface area contributed by atoms with Crippen molar-refractivity contribution in [3.05, 3.63) is 52.0 Å². The highest BCUT2D eigenvalue weighted by Gasteiger charge is 2.07. The first-order chi connectivity index (χ1) is 8.63. The Hall–Kier alpha value is -1.99. The topological polar surface area (TPSA) is 61.8 Å². The van der Waals surface area contributed by atoms with E-state index in [2.05, 4.69) is 27.3 Å². The van der Waals surface area contributed by atoms with Crippen molar-refractivity contribution in [2.75, 3.05) is 11.1 Å². The van der Waals surface area contributed by atoms with Crippen LogP contribution in [0, 0.1) is 18.3 Å². The van der Waals surface area contributed by atoms with E-state index in [0.29, 0.717) is 11.3 Å². The summed E-state index contributed by atoms with van der Waals surface area (Å²) in [5.41, 5.74) is 9.67. The zero-order valence-corrected chi connectivity index (χ0v) is 11.5. The smallest absolute Gasteiger partial charge is 0.101 e. The van der Waals surface area contributed by atoms with E-state index in [1.807, 2.05) is 31.2 Å². The SMILES string of the molecule is Cc1cccc(Nc2cccc(C#N)c2N)c1Br. The van der Waals surface area contributed by atoms with Gasteiger partial charge in [0, 0.05) is 4.47 Å². The van der Waals surface area contributed by atoms with E-state index in [1.54, 1.807) is 12.1 Å². The summed E-state index contributed by atoms with van der Waals surface area (Å²) in [6, 6.07) is 13.4. The number of nitrogens with one attached hydrogen (secondary N) is 1. The number of nitrogen functional groups attached to an aromatic ring is 1. The predicted octanol–water partition coefficient (Wildman–Crippen LogP) is 3.96. The van der Waals surface area contributed by atoms with Gasteiger partial charge >= 0.3 is 0 Å². The molecule has 0 aromatic heterocycles. The molecule has 0 spiro atoms. The molecule has 0 bridgehead atoms. The van der Waals surface area contributed by atoms with Crippen molar-refractivity contribution in [3.63, 3.8) is 0 Å². The van der Waals surface area contributed by atoms with Crippen LogP contribution in [-0.4, -0.2) is 0 Å². The van der Waals surface area contributed by atoms with Gasteiger partial charge in [-0.25, -0.2) is 0 Å². The molecule has 0 unspecified atom stereocenters. The largest absolute Gasteiger partial charge is 0.396 e. The van der Waals surface area contributed by atoms with E-state index in [-0.39, 0.29) is 0 Å². The minimum absolute atomic E-state index is 0.466. The highest BCUT2D eigenvalue weighted by molar-refractivity contribution is 9.10. The summed E-state index contributed by atoms with van der Waals surface area (Å²) in [7, 11) is 0. The standard InChI is InChI=1S/C14H12BrN3/c1-9-4-2-6-11(13(9)15)18-12-7-3-5-10(8-16)14(12)17/h2-7,18H,17H2,1H3. The minimum atomic E-state index is 0.466. The van der Waals surface area contributed by atoms with Gasteiger partial charge in [0.15, 0.2) is 0 Å². The van der Waals surface area contributed by atoms with Crippen LogP contribution in [0.5, 0.6) is 0 Å². The van der Waals surface area contributed by atoms with E-state index in [9.17, 15) is 0 Å². The van der Waals surface area contributed by atoms with Gasteiger partial charge in [-0.05, 0) is 46.6 Å². The second-order valence-electron chi connectivity index (χ2n) is 3.94. The number of rotatable bonds is 2. The molecule has 2 aromatic rings. The van der Waals surface area contributed by atoms with Crippen LogP contribution in [0.4, 0.5) is 17.1 Å². The average Bonchev–Trinajstić information content (AvgIpc) is 2.37. The van der Waals surface area contributed by atoms with Crippen molar-refractivity contribution in [3.8, 4) is 6.07 Å². The molecule has 0 aliphatic rings. The number of hydrogen-bond donors (Lipinski definition) is 2. The van der Waals surface area contributed by atoms with Crippen LogP contribution < -0.4 is 11.1 Å². The van der Waals surface area contributed by atoms with Crippen molar-refractivity contribution in [2.45, 2.75) is 6.92 Å². The molecule has 3 nitrogen and oxygen atoms in total. The van der Waals surface area contributed by atoms with E-state index >= 15 is 0 Å². The van der Waals surface area contributed by atoms with Crippen LogP contribution in [0.2, 0.25) is 0 Å². The van der Waals surface area contributed by atoms with E-state index in [4.69, 9.17) is 11.0 Å². The Morgan fingerprint density at radius 2 is 1.83 bits per heavy atom. The van der Waals surface area contributed by atoms with E-state index in [0.717, 1.165) is 21.4 Å². The zero-order chi connectivity index (χ0) is 13.1.